The highest BCUT2D eigenvalue weighted by atomic mass is 15.1. The summed E-state index contributed by atoms with van der Waals surface area (Å²) in [4.78, 5) is 4.23. The first-order valence-electron chi connectivity index (χ1n) is 4.02. The highest BCUT2D eigenvalue weighted by Crippen LogP contribution is 2.21. The molecule has 1 aliphatic rings. The van der Waals surface area contributed by atoms with Crippen LogP contribution in [0.2, 0.25) is 0 Å². The van der Waals surface area contributed by atoms with Crippen LogP contribution in [0.5, 0.6) is 0 Å². The quantitative estimate of drug-likeness (QED) is 0.628. The Morgan fingerprint density at radius 2 is 2.64 bits per heavy atom. The van der Waals surface area contributed by atoms with Gasteiger partial charge in [-0.2, -0.15) is 0 Å². The van der Waals surface area contributed by atoms with Crippen LogP contribution in [0.1, 0.15) is 11.4 Å². The fourth-order valence-corrected chi connectivity index (χ4v) is 1.70. The van der Waals surface area contributed by atoms with Crippen molar-refractivity contribution in [1.82, 2.24) is 9.55 Å². The highest BCUT2D eigenvalue weighted by Gasteiger charge is 2.21. The number of hydrogen-bond donors (Lipinski definition) is 1. The Morgan fingerprint density at radius 1 is 1.82 bits per heavy atom. The molecule has 1 atom stereocenters. The van der Waals surface area contributed by atoms with E-state index in [0.717, 1.165) is 19.5 Å². The lowest BCUT2D eigenvalue weighted by Crippen LogP contribution is -2.15. The molecular formula is C8H13N3. The molecule has 1 unspecified atom stereocenters. The highest BCUT2D eigenvalue weighted by molar-refractivity contribution is 5.15. The minimum Gasteiger partial charge on any atom is -0.334 e. The topological polar surface area (TPSA) is 43.8 Å². The van der Waals surface area contributed by atoms with E-state index in [1.54, 1.807) is 0 Å². The summed E-state index contributed by atoms with van der Waals surface area (Å²) in [6, 6.07) is 0. The SMILES string of the molecule is Cc1ncn2c1CC(CN)C2. The second-order valence-electron chi connectivity index (χ2n) is 3.23. The van der Waals surface area contributed by atoms with Crippen molar-refractivity contribution in [2.75, 3.05) is 6.54 Å². The number of nitrogens with zero attached hydrogens (tertiary/aromatic N) is 2. The average Bonchev–Trinajstić information content (AvgIpc) is 2.53. The molecule has 60 valence electrons. The maximum Gasteiger partial charge on any atom is 0.0951 e. The molecule has 0 saturated carbocycles. The zero-order chi connectivity index (χ0) is 7.84. The van der Waals surface area contributed by atoms with Crippen molar-refractivity contribution >= 4 is 0 Å². The molecule has 11 heavy (non-hydrogen) atoms. The van der Waals surface area contributed by atoms with Crippen LogP contribution in [0.4, 0.5) is 0 Å². The summed E-state index contributed by atoms with van der Waals surface area (Å²) in [6.07, 6.45) is 3.03. The lowest BCUT2D eigenvalue weighted by Gasteiger charge is -2.01. The van der Waals surface area contributed by atoms with Gasteiger partial charge in [-0.05, 0) is 25.8 Å². The molecule has 0 fully saturated rings. The molecule has 0 amide bonds. The summed E-state index contributed by atoms with van der Waals surface area (Å²) in [5, 5.41) is 0. The molecule has 0 bridgehead atoms. The third-order valence-electron chi connectivity index (χ3n) is 2.43. The number of fused-ring (bicyclic) bond motifs is 1. The lowest BCUT2D eigenvalue weighted by atomic mass is 10.1. The Bertz CT molecular complexity index is 264. The summed E-state index contributed by atoms with van der Waals surface area (Å²) in [6.45, 7) is 3.92. The molecule has 2 N–H and O–H groups in total. The maximum absolute atomic E-state index is 5.59. The first-order chi connectivity index (χ1) is 5.31. The minimum absolute atomic E-state index is 0.645. The molecule has 1 aromatic rings. The van der Waals surface area contributed by atoms with E-state index in [1.165, 1.54) is 11.4 Å². The Hall–Kier alpha value is -0.830. The van der Waals surface area contributed by atoms with Crippen molar-refractivity contribution in [2.24, 2.45) is 11.7 Å². The third-order valence-corrected chi connectivity index (χ3v) is 2.43. The summed E-state index contributed by atoms with van der Waals surface area (Å²) in [5.41, 5.74) is 8.13. The largest absolute Gasteiger partial charge is 0.334 e. The Morgan fingerprint density at radius 3 is 3.27 bits per heavy atom. The molecule has 1 aliphatic heterocycles. The second-order valence-corrected chi connectivity index (χ2v) is 3.23. The Labute approximate surface area is 66.2 Å². The van der Waals surface area contributed by atoms with E-state index < -0.39 is 0 Å². The van der Waals surface area contributed by atoms with Gasteiger partial charge in [-0.1, -0.05) is 0 Å². The fourth-order valence-electron chi connectivity index (χ4n) is 1.70. The smallest absolute Gasteiger partial charge is 0.0951 e. The molecule has 2 rings (SSSR count). The third kappa shape index (κ3) is 0.959. The number of aryl methyl sites for hydroxylation is 1. The molecule has 3 nitrogen and oxygen atoms in total. The van der Waals surface area contributed by atoms with Crippen molar-refractivity contribution in [3.63, 3.8) is 0 Å². The van der Waals surface area contributed by atoms with Crippen LogP contribution >= 0.6 is 0 Å². The van der Waals surface area contributed by atoms with Crippen molar-refractivity contribution in [1.29, 1.82) is 0 Å². The number of aromatic nitrogens is 2. The van der Waals surface area contributed by atoms with Crippen molar-refractivity contribution < 1.29 is 0 Å². The predicted molar refractivity (Wildman–Crippen MR) is 43.2 cm³/mol. The summed E-state index contributed by atoms with van der Waals surface area (Å²) in [5.74, 6) is 0.645. The van der Waals surface area contributed by atoms with Crippen LogP contribution in [0.15, 0.2) is 6.33 Å². The molecule has 0 spiro atoms. The van der Waals surface area contributed by atoms with Crippen molar-refractivity contribution in [3.05, 3.63) is 17.7 Å². The monoisotopic (exact) mass is 151 g/mol. The Kier molecular flexibility index (Phi) is 1.46. The van der Waals surface area contributed by atoms with Gasteiger partial charge in [0.2, 0.25) is 0 Å². The van der Waals surface area contributed by atoms with Crippen LogP contribution in [0, 0.1) is 12.8 Å². The minimum atomic E-state index is 0.645. The summed E-state index contributed by atoms with van der Waals surface area (Å²) >= 11 is 0. The van der Waals surface area contributed by atoms with Gasteiger partial charge < -0.3 is 10.3 Å². The van der Waals surface area contributed by atoms with Gasteiger partial charge in [-0.15, -0.1) is 0 Å². The number of rotatable bonds is 1. The van der Waals surface area contributed by atoms with Crippen LogP contribution in [-0.4, -0.2) is 16.1 Å². The van der Waals surface area contributed by atoms with Crippen LogP contribution < -0.4 is 5.73 Å². The van der Waals surface area contributed by atoms with Crippen molar-refractivity contribution in [3.8, 4) is 0 Å². The normalized spacial score (nSPS) is 22.2. The predicted octanol–water partition coefficient (Wildman–Crippen LogP) is 0.323. The van der Waals surface area contributed by atoms with Crippen LogP contribution in [-0.2, 0) is 13.0 Å². The molecular weight excluding hydrogens is 138 g/mol. The van der Waals surface area contributed by atoms with Gasteiger partial charge >= 0.3 is 0 Å². The molecule has 0 saturated heterocycles. The van der Waals surface area contributed by atoms with Crippen LogP contribution in [0.25, 0.3) is 0 Å². The second kappa shape index (κ2) is 2.34. The van der Waals surface area contributed by atoms with Crippen LogP contribution in [0.3, 0.4) is 0 Å². The van der Waals surface area contributed by atoms with Gasteiger partial charge in [0.05, 0.1) is 12.0 Å². The molecule has 2 heterocycles. The lowest BCUT2D eigenvalue weighted by molar-refractivity contribution is 0.521. The number of nitrogens with two attached hydrogens (primary N) is 1. The van der Waals surface area contributed by atoms with Gasteiger partial charge in [0.15, 0.2) is 0 Å². The van der Waals surface area contributed by atoms with Gasteiger partial charge in [0.25, 0.3) is 0 Å². The first kappa shape index (κ1) is 6.85. The zero-order valence-electron chi connectivity index (χ0n) is 6.75. The Balaban J connectivity index is 2.27. The maximum atomic E-state index is 5.59. The van der Waals surface area contributed by atoms with E-state index in [4.69, 9.17) is 5.73 Å². The molecule has 1 aromatic heterocycles. The number of hydrogen-bond acceptors (Lipinski definition) is 2. The zero-order valence-corrected chi connectivity index (χ0v) is 6.75. The van der Waals surface area contributed by atoms with E-state index in [2.05, 4.69) is 16.5 Å². The first-order valence-corrected chi connectivity index (χ1v) is 4.02. The molecule has 3 heteroatoms. The van der Waals surface area contributed by atoms with E-state index in [0.29, 0.717) is 5.92 Å². The van der Waals surface area contributed by atoms with Crippen molar-refractivity contribution in [2.45, 2.75) is 19.9 Å². The van der Waals surface area contributed by atoms with E-state index in [1.807, 2.05) is 6.33 Å². The van der Waals surface area contributed by atoms with Gasteiger partial charge in [-0.3, -0.25) is 0 Å². The van der Waals surface area contributed by atoms with E-state index >= 15 is 0 Å². The summed E-state index contributed by atoms with van der Waals surface area (Å²) < 4.78 is 2.22. The molecule has 0 aromatic carbocycles. The fraction of sp³-hybridized carbons (Fsp3) is 0.625. The van der Waals surface area contributed by atoms with E-state index in [-0.39, 0.29) is 0 Å². The van der Waals surface area contributed by atoms with Gasteiger partial charge in [-0.25, -0.2) is 4.98 Å². The molecule has 0 radical (unpaired) electrons. The standard InChI is InChI=1S/C8H13N3/c1-6-8-2-7(3-9)4-11(8)5-10-6/h5,7H,2-4,9H2,1H3. The van der Waals surface area contributed by atoms with Gasteiger partial charge in [0, 0.05) is 12.2 Å². The molecule has 0 aliphatic carbocycles. The number of imidazole rings is 1. The summed E-state index contributed by atoms with van der Waals surface area (Å²) in [7, 11) is 0. The van der Waals surface area contributed by atoms with E-state index in [9.17, 15) is 0 Å². The van der Waals surface area contributed by atoms with Gasteiger partial charge in [0.1, 0.15) is 0 Å². The average molecular weight is 151 g/mol.